The average Bonchev–Trinajstić information content (AvgIpc) is 3.18. The van der Waals surface area contributed by atoms with Crippen LogP contribution >= 0.6 is 0 Å². The molecule has 2 aromatic carbocycles. The molecule has 2 heterocycles. The largest absolute Gasteiger partial charge is 0.492 e. The molecular formula is C24H29NO5. The predicted octanol–water partition coefficient (Wildman–Crippen LogP) is 3.94. The Morgan fingerprint density at radius 2 is 2.00 bits per heavy atom. The number of methoxy groups -OCH3 is 1. The molecule has 0 saturated carbocycles. The minimum atomic E-state index is -0.0470. The number of ether oxygens (including phenoxy) is 4. The van der Waals surface area contributed by atoms with Gasteiger partial charge in [0.25, 0.3) is 0 Å². The van der Waals surface area contributed by atoms with Crippen molar-refractivity contribution in [2.75, 3.05) is 27.5 Å². The summed E-state index contributed by atoms with van der Waals surface area (Å²) in [5.41, 5.74) is 3.21. The van der Waals surface area contributed by atoms with E-state index in [1.165, 1.54) is 5.56 Å². The van der Waals surface area contributed by atoms with Crippen molar-refractivity contribution in [3.05, 3.63) is 47.0 Å². The van der Waals surface area contributed by atoms with Gasteiger partial charge in [-0.3, -0.25) is 9.69 Å². The van der Waals surface area contributed by atoms with Crippen LogP contribution in [0.3, 0.4) is 0 Å². The number of fused-ring (bicyclic) bond motifs is 2. The van der Waals surface area contributed by atoms with Gasteiger partial charge in [-0.05, 0) is 56.6 Å². The lowest BCUT2D eigenvalue weighted by Crippen LogP contribution is -2.34. The summed E-state index contributed by atoms with van der Waals surface area (Å²) in [5.74, 6) is 3.08. The fourth-order valence-electron chi connectivity index (χ4n) is 4.26. The maximum absolute atomic E-state index is 13.0. The van der Waals surface area contributed by atoms with Crippen molar-refractivity contribution in [2.24, 2.45) is 0 Å². The predicted molar refractivity (Wildman–Crippen MR) is 114 cm³/mol. The molecule has 160 valence electrons. The number of nitrogens with zero attached hydrogens (tertiary/aromatic N) is 1. The lowest BCUT2D eigenvalue weighted by molar-refractivity contribution is -0.119. The summed E-state index contributed by atoms with van der Waals surface area (Å²) >= 11 is 0. The Hall–Kier alpha value is -2.73. The molecule has 0 N–H and O–H groups in total. The third kappa shape index (κ3) is 4.10. The first-order valence-corrected chi connectivity index (χ1v) is 10.4. The molecule has 2 aliphatic heterocycles. The number of carbonyl (C=O) groups is 1. The van der Waals surface area contributed by atoms with E-state index in [0.29, 0.717) is 24.3 Å². The minimum absolute atomic E-state index is 0.0470. The average molecular weight is 411 g/mol. The highest BCUT2D eigenvalue weighted by molar-refractivity contribution is 5.82. The molecule has 0 amide bonds. The van der Waals surface area contributed by atoms with Crippen LogP contribution in [0.1, 0.15) is 43.0 Å². The monoisotopic (exact) mass is 411 g/mol. The van der Waals surface area contributed by atoms with Crippen molar-refractivity contribution >= 4 is 5.78 Å². The summed E-state index contributed by atoms with van der Waals surface area (Å²) in [7, 11) is 3.70. The quantitative estimate of drug-likeness (QED) is 0.688. The van der Waals surface area contributed by atoms with Gasteiger partial charge in [0.2, 0.25) is 12.5 Å². The number of carbonyl (C=O) groups excluding carboxylic acids is 1. The number of likely N-dealkylation sites (N-methyl/N-ethyl adjacent to an activating group) is 1. The standard InChI is InChI=1S/C24H29NO5/c1-15(2)30-19-7-5-16(6-8-19)11-18(26)13-20-22-17(9-10-25(20)3)12-21-23(24(22)27-4)29-14-28-21/h5-8,12,15,20H,9-11,13-14H2,1-4H3/t20-/m0/s1. The minimum Gasteiger partial charge on any atom is -0.492 e. The number of benzene rings is 2. The normalized spacial score (nSPS) is 17.7. The third-order valence-electron chi connectivity index (χ3n) is 5.66. The summed E-state index contributed by atoms with van der Waals surface area (Å²) in [5, 5.41) is 0. The first-order valence-electron chi connectivity index (χ1n) is 10.4. The summed E-state index contributed by atoms with van der Waals surface area (Å²) in [6, 6.07) is 9.77. The Kier molecular flexibility index (Phi) is 5.86. The maximum atomic E-state index is 13.0. The molecule has 1 atom stereocenters. The molecule has 0 aromatic heterocycles. The van der Waals surface area contributed by atoms with Gasteiger partial charge in [0, 0.05) is 31.0 Å². The summed E-state index contributed by atoms with van der Waals surface area (Å²) in [4.78, 5) is 15.2. The smallest absolute Gasteiger partial charge is 0.231 e. The molecule has 4 rings (SSSR count). The molecule has 0 saturated heterocycles. The third-order valence-corrected chi connectivity index (χ3v) is 5.66. The van der Waals surface area contributed by atoms with E-state index in [2.05, 4.69) is 11.9 Å². The molecule has 6 heteroatoms. The summed E-state index contributed by atoms with van der Waals surface area (Å²) < 4.78 is 22.6. The van der Waals surface area contributed by atoms with Crippen LogP contribution in [-0.4, -0.2) is 44.3 Å². The zero-order chi connectivity index (χ0) is 21.3. The molecule has 0 radical (unpaired) electrons. The topological polar surface area (TPSA) is 57.2 Å². The van der Waals surface area contributed by atoms with Gasteiger partial charge >= 0.3 is 0 Å². The molecule has 0 spiro atoms. The molecule has 0 fully saturated rings. The van der Waals surface area contributed by atoms with Gasteiger partial charge in [-0.2, -0.15) is 0 Å². The van der Waals surface area contributed by atoms with Gasteiger partial charge in [0.1, 0.15) is 11.5 Å². The second-order valence-electron chi connectivity index (χ2n) is 8.19. The molecule has 0 bridgehead atoms. The Balaban J connectivity index is 1.53. The van der Waals surface area contributed by atoms with Gasteiger partial charge in [-0.25, -0.2) is 0 Å². The molecule has 30 heavy (non-hydrogen) atoms. The van der Waals surface area contributed by atoms with E-state index in [4.69, 9.17) is 18.9 Å². The van der Waals surface area contributed by atoms with E-state index in [1.54, 1.807) is 7.11 Å². The summed E-state index contributed by atoms with van der Waals surface area (Å²) in [6.07, 6.45) is 1.84. The SMILES string of the molecule is COc1c2c(cc3c1[C@H](CC(=O)Cc1ccc(OC(C)C)cc1)N(C)CC3)OCO2. The van der Waals surface area contributed by atoms with Crippen LogP contribution in [0, 0.1) is 0 Å². The Morgan fingerprint density at radius 1 is 1.23 bits per heavy atom. The van der Waals surface area contributed by atoms with E-state index in [9.17, 15) is 4.79 Å². The molecule has 0 aliphatic carbocycles. The van der Waals surface area contributed by atoms with E-state index >= 15 is 0 Å². The van der Waals surface area contributed by atoms with Gasteiger partial charge in [0.05, 0.1) is 13.2 Å². The fourth-order valence-corrected chi connectivity index (χ4v) is 4.26. The van der Waals surface area contributed by atoms with Crippen LogP contribution in [0.4, 0.5) is 0 Å². The fraction of sp³-hybridized carbons (Fsp3) is 0.458. The highest BCUT2D eigenvalue weighted by atomic mass is 16.7. The maximum Gasteiger partial charge on any atom is 0.231 e. The number of ketones is 1. The highest BCUT2D eigenvalue weighted by Crippen LogP contribution is 2.50. The zero-order valence-electron chi connectivity index (χ0n) is 18.1. The first-order chi connectivity index (χ1) is 14.5. The Labute approximate surface area is 177 Å². The van der Waals surface area contributed by atoms with Gasteiger partial charge in [0.15, 0.2) is 11.5 Å². The molecule has 0 unspecified atom stereocenters. The van der Waals surface area contributed by atoms with Gasteiger partial charge in [-0.1, -0.05) is 12.1 Å². The van der Waals surface area contributed by atoms with Crippen LogP contribution < -0.4 is 18.9 Å². The van der Waals surface area contributed by atoms with Crippen LogP contribution in [-0.2, 0) is 17.6 Å². The van der Waals surface area contributed by atoms with Crippen molar-refractivity contribution in [1.82, 2.24) is 4.90 Å². The Morgan fingerprint density at radius 3 is 2.70 bits per heavy atom. The van der Waals surface area contributed by atoms with Crippen LogP contribution in [0.25, 0.3) is 0 Å². The van der Waals surface area contributed by atoms with Crippen molar-refractivity contribution in [3.63, 3.8) is 0 Å². The molecule has 2 aromatic rings. The van der Waals surface area contributed by atoms with E-state index in [1.807, 2.05) is 44.2 Å². The van der Waals surface area contributed by atoms with Crippen LogP contribution in [0.15, 0.2) is 30.3 Å². The van der Waals surface area contributed by atoms with Gasteiger partial charge < -0.3 is 18.9 Å². The number of hydrogen-bond donors (Lipinski definition) is 0. The zero-order valence-corrected chi connectivity index (χ0v) is 18.1. The Bertz CT molecular complexity index is 922. The summed E-state index contributed by atoms with van der Waals surface area (Å²) in [6.45, 7) is 5.08. The van der Waals surface area contributed by atoms with Crippen LogP contribution in [0.5, 0.6) is 23.0 Å². The second kappa shape index (κ2) is 8.56. The molecule has 6 nitrogen and oxygen atoms in total. The second-order valence-corrected chi connectivity index (χ2v) is 8.19. The molecule has 2 aliphatic rings. The van der Waals surface area contributed by atoms with E-state index < -0.39 is 0 Å². The van der Waals surface area contributed by atoms with Crippen molar-refractivity contribution < 1.29 is 23.7 Å². The van der Waals surface area contributed by atoms with Crippen molar-refractivity contribution in [1.29, 1.82) is 0 Å². The van der Waals surface area contributed by atoms with Crippen molar-refractivity contribution in [3.8, 4) is 23.0 Å². The number of Topliss-reactive ketones (excluding diaryl/α,β-unsaturated/α-hetero) is 1. The lowest BCUT2D eigenvalue weighted by Gasteiger charge is -2.35. The number of hydrogen-bond acceptors (Lipinski definition) is 6. The first kappa shape index (κ1) is 20.5. The van der Waals surface area contributed by atoms with Crippen LogP contribution in [0.2, 0.25) is 0 Å². The highest BCUT2D eigenvalue weighted by Gasteiger charge is 2.34. The lowest BCUT2D eigenvalue weighted by atomic mass is 9.87. The van der Waals surface area contributed by atoms with Crippen molar-refractivity contribution in [2.45, 2.75) is 45.3 Å². The van der Waals surface area contributed by atoms with E-state index in [0.717, 1.165) is 35.6 Å². The van der Waals surface area contributed by atoms with Gasteiger partial charge in [-0.15, -0.1) is 0 Å². The van der Waals surface area contributed by atoms with E-state index in [-0.39, 0.29) is 24.7 Å². The number of rotatable bonds is 7. The molecular weight excluding hydrogens is 382 g/mol.